The molecule has 0 aliphatic carbocycles. The summed E-state index contributed by atoms with van der Waals surface area (Å²) >= 11 is 0. The van der Waals surface area contributed by atoms with E-state index in [4.69, 9.17) is 4.42 Å². The highest BCUT2D eigenvalue weighted by Crippen LogP contribution is 2.22. The quantitative estimate of drug-likeness (QED) is 0.844. The molecule has 2 saturated heterocycles. The molecule has 0 bridgehead atoms. The van der Waals surface area contributed by atoms with E-state index in [-0.39, 0.29) is 23.6 Å². The van der Waals surface area contributed by atoms with Crippen molar-refractivity contribution in [3.8, 4) is 0 Å². The van der Waals surface area contributed by atoms with E-state index >= 15 is 0 Å². The van der Waals surface area contributed by atoms with Crippen molar-refractivity contribution in [2.45, 2.75) is 32.2 Å². The summed E-state index contributed by atoms with van der Waals surface area (Å²) in [7, 11) is 0. The Morgan fingerprint density at radius 1 is 1.07 bits per heavy atom. The fourth-order valence-electron chi connectivity index (χ4n) is 3.96. The van der Waals surface area contributed by atoms with Crippen LogP contribution in [0.2, 0.25) is 0 Å². The number of benzene rings is 1. The number of carbonyl (C=O) groups excluding carboxylic acids is 3. The van der Waals surface area contributed by atoms with Crippen molar-refractivity contribution in [3.05, 3.63) is 54.0 Å². The van der Waals surface area contributed by atoms with E-state index in [1.54, 1.807) is 15.9 Å². The van der Waals surface area contributed by atoms with Crippen molar-refractivity contribution in [1.29, 1.82) is 0 Å². The van der Waals surface area contributed by atoms with Gasteiger partial charge < -0.3 is 19.5 Å². The van der Waals surface area contributed by atoms with Crippen molar-refractivity contribution in [2.24, 2.45) is 5.92 Å². The van der Waals surface area contributed by atoms with E-state index in [0.29, 0.717) is 44.5 Å². The number of anilines is 1. The van der Waals surface area contributed by atoms with E-state index in [1.165, 1.54) is 12.5 Å². The number of piperidine rings is 1. The average Bonchev–Trinajstić information content (AvgIpc) is 3.44. The number of hydrogen-bond acceptors (Lipinski definition) is 4. The van der Waals surface area contributed by atoms with Gasteiger partial charge in [0.15, 0.2) is 0 Å². The Morgan fingerprint density at radius 3 is 2.45 bits per heavy atom. The molecule has 0 saturated carbocycles. The van der Waals surface area contributed by atoms with Gasteiger partial charge in [-0.05, 0) is 43.0 Å². The molecule has 152 valence electrons. The molecule has 2 aromatic rings. The Balaban J connectivity index is 1.24. The molecule has 0 atom stereocenters. The van der Waals surface area contributed by atoms with Gasteiger partial charge in [0.05, 0.1) is 11.8 Å². The standard InChI is InChI=1S/C22H25N3O4/c26-20-2-1-10-25(20)19-5-3-16(4-6-19)14-23-21(27)17-7-11-24(12-8-17)22(28)18-9-13-29-15-18/h3-6,9,13,15,17H,1-2,7-8,10-12,14H2,(H,23,27). The number of carbonyl (C=O) groups is 3. The summed E-state index contributed by atoms with van der Waals surface area (Å²) in [6.07, 6.45) is 5.78. The molecule has 7 heteroatoms. The molecule has 2 aliphatic heterocycles. The van der Waals surface area contributed by atoms with Crippen molar-refractivity contribution >= 4 is 23.4 Å². The Bertz CT molecular complexity index is 868. The van der Waals surface area contributed by atoms with Crippen molar-refractivity contribution in [2.75, 3.05) is 24.5 Å². The number of hydrogen-bond donors (Lipinski definition) is 1. The molecular formula is C22H25N3O4. The van der Waals surface area contributed by atoms with Crippen molar-refractivity contribution < 1.29 is 18.8 Å². The molecule has 1 aromatic heterocycles. The number of furan rings is 1. The summed E-state index contributed by atoms with van der Waals surface area (Å²) < 4.78 is 4.97. The van der Waals surface area contributed by atoms with Crippen LogP contribution >= 0.6 is 0 Å². The summed E-state index contributed by atoms with van der Waals surface area (Å²) in [4.78, 5) is 40.2. The van der Waals surface area contributed by atoms with Gasteiger partial charge in [0.25, 0.3) is 5.91 Å². The lowest BCUT2D eigenvalue weighted by atomic mass is 9.95. The molecule has 1 aromatic carbocycles. The predicted octanol–water partition coefficient (Wildman–Crippen LogP) is 2.58. The second kappa shape index (κ2) is 8.51. The van der Waals surface area contributed by atoms with Gasteiger partial charge in [-0.25, -0.2) is 0 Å². The Kier molecular flexibility index (Phi) is 5.64. The average molecular weight is 395 g/mol. The first-order valence-corrected chi connectivity index (χ1v) is 10.1. The zero-order chi connectivity index (χ0) is 20.2. The van der Waals surface area contributed by atoms with Crippen LogP contribution in [0.25, 0.3) is 0 Å². The summed E-state index contributed by atoms with van der Waals surface area (Å²) in [5.74, 6) is 0.0712. The molecule has 3 amide bonds. The number of likely N-dealkylation sites (tertiary alicyclic amines) is 1. The predicted molar refractivity (Wildman–Crippen MR) is 107 cm³/mol. The highest BCUT2D eigenvalue weighted by atomic mass is 16.3. The Hall–Kier alpha value is -3.09. The maximum atomic E-state index is 12.5. The molecule has 0 spiro atoms. The van der Waals surface area contributed by atoms with E-state index in [9.17, 15) is 14.4 Å². The van der Waals surface area contributed by atoms with Gasteiger partial charge in [0.1, 0.15) is 6.26 Å². The van der Waals surface area contributed by atoms with Gasteiger partial charge in [-0.3, -0.25) is 14.4 Å². The molecule has 1 N–H and O–H groups in total. The third kappa shape index (κ3) is 4.34. The Labute approximate surface area is 169 Å². The maximum absolute atomic E-state index is 12.5. The van der Waals surface area contributed by atoms with Crippen LogP contribution in [-0.4, -0.2) is 42.3 Å². The third-order valence-electron chi connectivity index (χ3n) is 5.71. The highest BCUT2D eigenvalue weighted by molar-refractivity contribution is 5.95. The molecule has 29 heavy (non-hydrogen) atoms. The van der Waals surface area contributed by atoms with E-state index < -0.39 is 0 Å². The molecule has 3 heterocycles. The summed E-state index contributed by atoms with van der Waals surface area (Å²) in [5.41, 5.74) is 2.46. The lowest BCUT2D eigenvalue weighted by Crippen LogP contribution is -2.42. The topological polar surface area (TPSA) is 82.9 Å². The fourth-order valence-corrected chi connectivity index (χ4v) is 3.96. The second-order valence-electron chi connectivity index (χ2n) is 7.61. The van der Waals surface area contributed by atoms with Crippen LogP contribution < -0.4 is 10.2 Å². The number of nitrogens with zero attached hydrogens (tertiary/aromatic N) is 2. The Morgan fingerprint density at radius 2 is 1.83 bits per heavy atom. The minimum absolute atomic E-state index is 0.0270. The lowest BCUT2D eigenvalue weighted by molar-refractivity contribution is -0.126. The van der Waals surface area contributed by atoms with E-state index in [0.717, 1.165) is 24.2 Å². The monoisotopic (exact) mass is 395 g/mol. The van der Waals surface area contributed by atoms with Gasteiger partial charge in [-0.2, -0.15) is 0 Å². The first-order valence-electron chi connectivity index (χ1n) is 10.1. The van der Waals surface area contributed by atoms with Crippen molar-refractivity contribution in [3.63, 3.8) is 0 Å². The first kappa shape index (κ1) is 19.2. The highest BCUT2D eigenvalue weighted by Gasteiger charge is 2.28. The molecule has 4 rings (SSSR count). The van der Waals surface area contributed by atoms with Gasteiger partial charge in [-0.15, -0.1) is 0 Å². The lowest BCUT2D eigenvalue weighted by Gasteiger charge is -2.31. The first-order chi connectivity index (χ1) is 14.1. The van der Waals surface area contributed by atoms with Gasteiger partial charge in [-0.1, -0.05) is 12.1 Å². The molecule has 0 unspecified atom stereocenters. The minimum Gasteiger partial charge on any atom is -0.472 e. The molecule has 2 fully saturated rings. The summed E-state index contributed by atoms with van der Waals surface area (Å²) in [5, 5.41) is 3.00. The second-order valence-corrected chi connectivity index (χ2v) is 7.61. The smallest absolute Gasteiger partial charge is 0.257 e. The van der Waals surface area contributed by atoms with E-state index in [2.05, 4.69) is 5.32 Å². The van der Waals surface area contributed by atoms with Crippen LogP contribution in [0.4, 0.5) is 5.69 Å². The zero-order valence-corrected chi connectivity index (χ0v) is 16.3. The van der Waals surface area contributed by atoms with Gasteiger partial charge in [0, 0.05) is 44.2 Å². The van der Waals surface area contributed by atoms with Crippen LogP contribution in [0.3, 0.4) is 0 Å². The van der Waals surface area contributed by atoms with Crippen LogP contribution in [0.5, 0.6) is 0 Å². The van der Waals surface area contributed by atoms with Crippen LogP contribution in [0.15, 0.2) is 47.3 Å². The zero-order valence-electron chi connectivity index (χ0n) is 16.3. The van der Waals surface area contributed by atoms with Gasteiger partial charge in [0.2, 0.25) is 11.8 Å². The molecular weight excluding hydrogens is 370 g/mol. The number of amides is 3. The maximum Gasteiger partial charge on any atom is 0.257 e. The van der Waals surface area contributed by atoms with Gasteiger partial charge >= 0.3 is 0 Å². The summed E-state index contributed by atoms with van der Waals surface area (Å²) in [6.45, 7) is 2.37. The molecule has 2 aliphatic rings. The normalized spacial score (nSPS) is 17.6. The fraction of sp³-hybridized carbons (Fsp3) is 0.409. The largest absolute Gasteiger partial charge is 0.472 e. The SMILES string of the molecule is O=C(NCc1ccc(N2CCCC2=O)cc1)C1CCN(C(=O)c2ccoc2)CC1. The van der Waals surface area contributed by atoms with E-state index in [1.807, 2.05) is 24.3 Å². The van der Waals surface area contributed by atoms with Crippen LogP contribution in [0, 0.1) is 5.92 Å². The van der Waals surface area contributed by atoms with Crippen LogP contribution in [-0.2, 0) is 16.1 Å². The minimum atomic E-state index is -0.0788. The third-order valence-corrected chi connectivity index (χ3v) is 5.71. The number of rotatable bonds is 5. The molecule has 7 nitrogen and oxygen atoms in total. The number of nitrogens with one attached hydrogen (secondary N) is 1. The van der Waals surface area contributed by atoms with Crippen LogP contribution in [0.1, 0.15) is 41.6 Å². The van der Waals surface area contributed by atoms with Crippen molar-refractivity contribution in [1.82, 2.24) is 10.2 Å². The summed E-state index contributed by atoms with van der Waals surface area (Å²) in [6, 6.07) is 9.43. The molecule has 0 radical (unpaired) electrons.